The molecule has 1 spiro atoms. The van der Waals surface area contributed by atoms with Crippen LogP contribution in [0, 0.1) is 0 Å². The van der Waals surface area contributed by atoms with Crippen LogP contribution >= 0.6 is 0 Å². The molecule has 2 aromatic carbocycles. The number of ketones is 1. The molecule has 1 atom stereocenters. The predicted octanol–water partition coefficient (Wildman–Crippen LogP) is 2.76. The Balaban J connectivity index is 1.39. The van der Waals surface area contributed by atoms with Gasteiger partial charge in [-0.15, -0.1) is 0 Å². The van der Waals surface area contributed by atoms with E-state index in [9.17, 15) is 22.8 Å². The second-order valence-electron chi connectivity index (χ2n) is 9.08. The van der Waals surface area contributed by atoms with E-state index in [1.165, 1.54) is 4.31 Å². The van der Waals surface area contributed by atoms with Crippen molar-refractivity contribution in [3.05, 3.63) is 64.7 Å². The average molecular weight is 482 g/mol. The number of benzene rings is 2. The molecule has 34 heavy (non-hydrogen) atoms. The molecule has 9 heteroatoms. The molecule has 0 bridgehead atoms. The lowest BCUT2D eigenvalue weighted by atomic mass is 9.84. The number of fused-ring (bicyclic) bond motifs is 3. The van der Waals surface area contributed by atoms with Crippen molar-refractivity contribution in [3.8, 4) is 0 Å². The van der Waals surface area contributed by atoms with Crippen LogP contribution in [-0.2, 0) is 33.2 Å². The Bertz CT molecular complexity index is 1310. The highest BCUT2D eigenvalue weighted by atomic mass is 32.2. The fourth-order valence-electron chi connectivity index (χ4n) is 5.34. The van der Waals surface area contributed by atoms with Gasteiger partial charge in [0.2, 0.25) is 10.0 Å². The van der Waals surface area contributed by atoms with Crippen LogP contribution in [0.4, 0.5) is 10.5 Å². The largest absolute Gasteiger partial charge is 0.325 e. The summed E-state index contributed by atoms with van der Waals surface area (Å²) in [6.45, 7) is 1.59. The molecular formula is C25H27N3O5S. The van der Waals surface area contributed by atoms with Gasteiger partial charge in [-0.3, -0.25) is 18.8 Å². The highest BCUT2D eigenvalue weighted by Gasteiger charge is 2.53. The minimum absolute atomic E-state index is 0.00415. The predicted molar refractivity (Wildman–Crippen MR) is 127 cm³/mol. The fourth-order valence-corrected chi connectivity index (χ4v) is 6.50. The Morgan fingerprint density at radius 2 is 1.85 bits per heavy atom. The molecule has 0 radical (unpaired) electrons. The first kappa shape index (κ1) is 22.6. The lowest BCUT2D eigenvalue weighted by molar-refractivity contribution is -0.131. The molecule has 3 aliphatic rings. The third-order valence-corrected chi connectivity index (χ3v) is 8.94. The molecule has 1 saturated heterocycles. The van der Waals surface area contributed by atoms with E-state index < -0.39 is 21.6 Å². The fraction of sp³-hybridized carbons (Fsp3) is 0.400. The van der Waals surface area contributed by atoms with E-state index in [-0.39, 0.29) is 24.0 Å². The van der Waals surface area contributed by atoms with Gasteiger partial charge < -0.3 is 5.32 Å². The summed E-state index contributed by atoms with van der Waals surface area (Å²) < 4.78 is 26.0. The second-order valence-corrected chi connectivity index (χ2v) is 11.3. The average Bonchev–Trinajstić information content (AvgIpc) is 3.30. The van der Waals surface area contributed by atoms with Crippen LogP contribution in [0.25, 0.3) is 0 Å². The highest BCUT2D eigenvalue weighted by molar-refractivity contribution is 7.92. The molecule has 1 fully saturated rings. The van der Waals surface area contributed by atoms with Gasteiger partial charge in [0.05, 0.1) is 18.0 Å². The van der Waals surface area contributed by atoms with Gasteiger partial charge in [-0.2, -0.15) is 0 Å². The van der Waals surface area contributed by atoms with Gasteiger partial charge in [0.1, 0.15) is 5.54 Å². The Morgan fingerprint density at radius 3 is 2.65 bits per heavy atom. The summed E-state index contributed by atoms with van der Waals surface area (Å²) in [6.07, 6.45) is 3.59. The molecule has 5 rings (SSSR count). The van der Waals surface area contributed by atoms with Crippen molar-refractivity contribution < 1.29 is 22.8 Å². The van der Waals surface area contributed by atoms with Crippen molar-refractivity contribution in [2.45, 2.75) is 44.6 Å². The molecule has 1 N–H and O–H groups in total. The molecule has 0 aromatic heterocycles. The molecule has 3 amide bonds. The van der Waals surface area contributed by atoms with Crippen LogP contribution in [0.1, 0.15) is 53.2 Å². The van der Waals surface area contributed by atoms with E-state index in [4.69, 9.17) is 0 Å². The third-order valence-electron chi connectivity index (χ3n) is 7.16. The van der Waals surface area contributed by atoms with Crippen molar-refractivity contribution >= 4 is 33.4 Å². The Hall–Kier alpha value is -3.20. The van der Waals surface area contributed by atoms with E-state index in [0.717, 1.165) is 40.9 Å². The number of aryl methyl sites for hydroxylation is 1. The maximum absolute atomic E-state index is 13.6. The topological polar surface area (TPSA) is 104 Å². The minimum Gasteiger partial charge on any atom is -0.319 e. The molecule has 2 aromatic rings. The number of sulfonamides is 1. The van der Waals surface area contributed by atoms with Crippen LogP contribution in [-0.4, -0.2) is 49.9 Å². The second kappa shape index (κ2) is 8.23. The van der Waals surface area contributed by atoms with E-state index in [1.54, 1.807) is 25.1 Å². The first-order valence-electron chi connectivity index (χ1n) is 11.7. The molecular weight excluding hydrogens is 454 g/mol. The van der Waals surface area contributed by atoms with Crippen molar-refractivity contribution in [1.29, 1.82) is 0 Å². The highest BCUT2D eigenvalue weighted by Crippen LogP contribution is 2.39. The molecule has 0 saturated carbocycles. The number of anilines is 1. The third kappa shape index (κ3) is 3.50. The van der Waals surface area contributed by atoms with Crippen LogP contribution in [0.15, 0.2) is 42.5 Å². The normalized spacial score (nSPS) is 21.9. The van der Waals surface area contributed by atoms with E-state index in [0.29, 0.717) is 30.6 Å². The van der Waals surface area contributed by atoms with Crippen molar-refractivity contribution in [3.63, 3.8) is 0 Å². The number of Topliss-reactive ketones (excluding diaryl/α,β-unsaturated/α-hetero) is 1. The van der Waals surface area contributed by atoms with Crippen LogP contribution in [0.2, 0.25) is 0 Å². The summed E-state index contributed by atoms with van der Waals surface area (Å²) in [6, 6.07) is 12.0. The van der Waals surface area contributed by atoms with Gasteiger partial charge in [-0.25, -0.2) is 13.2 Å². The van der Waals surface area contributed by atoms with Gasteiger partial charge in [-0.05, 0) is 73.9 Å². The molecule has 8 nitrogen and oxygen atoms in total. The number of urea groups is 1. The summed E-state index contributed by atoms with van der Waals surface area (Å²) in [5.74, 6) is -0.742. The standard InChI is InChI=1S/C25H27N3O5S/c1-2-34(32,33)28-14-12-18-15-19(10-11-21(18)28)22(29)16-27-23(30)25(26-24(27)31)13-6-5-8-17-7-3-4-9-20(17)25/h3-4,7,9-11,15H,2,5-6,8,12-14,16H2,1H3,(H,26,31)/t25-/m1/s1. The van der Waals surface area contributed by atoms with Crippen molar-refractivity contribution in [2.75, 3.05) is 23.1 Å². The van der Waals surface area contributed by atoms with E-state index in [2.05, 4.69) is 5.32 Å². The van der Waals surface area contributed by atoms with Gasteiger partial charge >= 0.3 is 6.03 Å². The van der Waals surface area contributed by atoms with E-state index in [1.807, 2.05) is 24.3 Å². The van der Waals surface area contributed by atoms with Crippen LogP contribution in [0.3, 0.4) is 0 Å². The number of amides is 3. The zero-order valence-corrected chi connectivity index (χ0v) is 19.9. The number of nitrogens with zero attached hydrogens (tertiary/aromatic N) is 2. The quantitative estimate of drug-likeness (QED) is 0.522. The first-order valence-corrected chi connectivity index (χ1v) is 13.3. The summed E-state index contributed by atoms with van der Waals surface area (Å²) in [5.41, 5.74) is 2.45. The number of nitrogens with one attached hydrogen (secondary N) is 1. The Morgan fingerprint density at radius 1 is 1.06 bits per heavy atom. The van der Waals surface area contributed by atoms with Gasteiger partial charge in [0.15, 0.2) is 5.78 Å². The molecule has 2 aliphatic heterocycles. The zero-order valence-electron chi connectivity index (χ0n) is 19.0. The van der Waals surface area contributed by atoms with Gasteiger partial charge in [0.25, 0.3) is 5.91 Å². The molecule has 1 aliphatic carbocycles. The summed E-state index contributed by atoms with van der Waals surface area (Å²) >= 11 is 0. The molecule has 0 unspecified atom stereocenters. The summed E-state index contributed by atoms with van der Waals surface area (Å²) in [7, 11) is -3.38. The molecule has 178 valence electrons. The lowest BCUT2D eigenvalue weighted by Gasteiger charge is -2.27. The monoisotopic (exact) mass is 481 g/mol. The number of imide groups is 1. The van der Waals surface area contributed by atoms with Crippen LogP contribution in [0.5, 0.6) is 0 Å². The van der Waals surface area contributed by atoms with E-state index >= 15 is 0 Å². The number of hydrogen-bond acceptors (Lipinski definition) is 5. The number of hydrogen-bond donors (Lipinski definition) is 1. The SMILES string of the molecule is CCS(=O)(=O)N1CCc2cc(C(=O)CN3C(=O)N[C@@]4(CCCCc5ccccc54)C3=O)ccc21. The van der Waals surface area contributed by atoms with Crippen LogP contribution < -0.4 is 9.62 Å². The number of rotatable bonds is 5. The Labute approximate surface area is 199 Å². The number of carbonyl (C=O) groups excluding carboxylic acids is 3. The maximum atomic E-state index is 13.6. The maximum Gasteiger partial charge on any atom is 0.325 e. The lowest BCUT2D eigenvalue weighted by Crippen LogP contribution is -2.44. The first-order chi connectivity index (χ1) is 16.3. The summed E-state index contributed by atoms with van der Waals surface area (Å²) in [4.78, 5) is 40.6. The number of carbonyl (C=O) groups is 3. The molecule has 2 heterocycles. The minimum atomic E-state index is -3.38. The Kier molecular flexibility index (Phi) is 5.47. The van der Waals surface area contributed by atoms with Crippen molar-refractivity contribution in [1.82, 2.24) is 10.2 Å². The zero-order chi connectivity index (χ0) is 24.1. The van der Waals surface area contributed by atoms with Gasteiger partial charge in [-0.1, -0.05) is 24.3 Å². The smallest absolute Gasteiger partial charge is 0.319 e. The van der Waals surface area contributed by atoms with Crippen molar-refractivity contribution in [2.24, 2.45) is 0 Å². The van der Waals surface area contributed by atoms with Gasteiger partial charge in [0, 0.05) is 12.1 Å². The summed E-state index contributed by atoms with van der Waals surface area (Å²) in [5, 5.41) is 2.90.